The van der Waals surface area contributed by atoms with Crippen molar-refractivity contribution in [2.75, 3.05) is 50.2 Å². The maximum absolute atomic E-state index is 6.61. The molecule has 0 bridgehead atoms. The maximum atomic E-state index is 6.61. The Morgan fingerprint density at radius 1 is 1.10 bits per heavy atom. The van der Waals surface area contributed by atoms with Crippen molar-refractivity contribution in [3.63, 3.8) is 0 Å². The molecule has 0 radical (unpaired) electrons. The van der Waals surface area contributed by atoms with Gasteiger partial charge < -0.3 is 34.6 Å². The number of benzene rings is 2. The zero-order valence-electron chi connectivity index (χ0n) is 23.8. The van der Waals surface area contributed by atoms with Gasteiger partial charge in [-0.15, -0.1) is 10.2 Å². The van der Waals surface area contributed by atoms with E-state index in [4.69, 9.17) is 19.9 Å². The Hall–Kier alpha value is -4.64. The molecule has 7 rings (SSSR count). The predicted molar refractivity (Wildman–Crippen MR) is 159 cm³/mol. The first-order chi connectivity index (χ1) is 19.8. The highest BCUT2D eigenvalue weighted by Gasteiger charge is 2.57. The fourth-order valence-electron chi connectivity index (χ4n) is 6.46. The third-order valence-electron chi connectivity index (χ3n) is 8.45. The van der Waals surface area contributed by atoms with E-state index in [1.165, 1.54) is 0 Å². The van der Waals surface area contributed by atoms with E-state index >= 15 is 0 Å². The van der Waals surface area contributed by atoms with Gasteiger partial charge in [0.15, 0.2) is 0 Å². The highest BCUT2D eigenvalue weighted by atomic mass is 16.5. The number of nitrogen functional groups attached to an aromatic ring is 1. The van der Waals surface area contributed by atoms with Crippen molar-refractivity contribution in [1.29, 1.82) is 0 Å². The van der Waals surface area contributed by atoms with Crippen molar-refractivity contribution in [1.82, 2.24) is 29.6 Å². The summed E-state index contributed by atoms with van der Waals surface area (Å²) in [5.74, 6) is 3.27. The third kappa shape index (κ3) is 4.24. The second kappa shape index (κ2) is 9.48. The van der Waals surface area contributed by atoms with E-state index in [9.17, 15) is 0 Å². The summed E-state index contributed by atoms with van der Waals surface area (Å²) in [4.78, 5) is 14.3. The number of piperidine rings is 1. The number of anilines is 4. The standard InChI is InChI=1S/C30H33N9O2/c1-16-35-36-29(41-16)18-12-32-30(34-27(18)19-15-38(3)24-9-7-6-8-17(19)24)33-23-10-22(31)25(11-26(23)40-5)39(4)28-20-13-37(2)14-21(20)28/h6-12,15,20-21,28H,13-14,31H2,1-5H3,(H,32,33,34)/t20-,21?,28?/m0/s1. The van der Waals surface area contributed by atoms with Crippen molar-refractivity contribution in [3.8, 4) is 28.5 Å². The molecule has 2 aromatic carbocycles. The minimum absolute atomic E-state index is 0.363. The molecule has 3 atom stereocenters. The van der Waals surface area contributed by atoms with Crippen LogP contribution < -0.4 is 20.7 Å². The van der Waals surface area contributed by atoms with Crippen LogP contribution in [-0.2, 0) is 7.05 Å². The molecule has 41 heavy (non-hydrogen) atoms. The van der Waals surface area contributed by atoms with Crippen LogP contribution in [0.4, 0.5) is 23.0 Å². The zero-order valence-corrected chi connectivity index (χ0v) is 23.8. The topological polar surface area (TPSA) is 123 Å². The zero-order chi connectivity index (χ0) is 28.4. The maximum Gasteiger partial charge on any atom is 0.251 e. The molecule has 0 spiro atoms. The average Bonchev–Trinajstić information content (AvgIpc) is 3.27. The molecule has 3 aromatic heterocycles. The number of hydrogen-bond acceptors (Lipinski definition) is 10. The molecule has 11 nitrogen and oxygen atoms in total. The number of para-hydroxylation sites is 1. The number of hydrogen-bond donors (Lipinski definition) is 2. The van der Waals surface area contributed by atoms with Crippen molar-refractivity contribution in [2.45, 2.75) is 13.0 Å². The molecular formula is C30H33N9O2. The first-order valence-corrected chi connectivity index (χ1v) is 13.7. The molecule has 0 amide bonds. The number of nitrogens with two attached hydrogens (primary N) is 1. The summed E-state index contributed by atoms with van der Waals surface area (Å²) in [7, 11) is 7.98. The number of aromatic nitrogens is 5. The van der Waals surface area contributed by atoms with Crippen molar-refractivity contribution < 1.29 is 9.15 Å². The Balaban J connectivity index is 1.26. The Kier molecular flexibility index (Phi) is 5.86. The third-order valence-corrected chi connectivity index (χ3v) is 8.45. The van der Waals surface area contributed by atoms with Gasteiger partial charge in [0, 0.05) is 75.1 Å². The van der Waals surface area contributed by atoms with Gasteiger partial charge in [0.2, 0.25) is 11.8 Å². The molecule has 1 aliphatic heterocycles. The number of nitrogens with one attached hydrogen (secondary N) is 1. The van der Waals surface area contributed by atoms with E-state index in [1.807, 2.05) is 31.3 Å². The second-order valence-corrected chi connectivity index (χ2v) is 11.1. The second-order valence-electron chi connectivity index (χ2n) is 11.1. The van der Waals surface area contributed by atoms with E-state index in [-0.39, 0.29) is 0 Å². The fraction of sp³-hybridized carbons (Fsp3) is 0.333. The normalized spacial score (nSPS) is 19.9. The van der Waals surface area contributed by atoms with E-state index in [0.29, 0.717) is 64.0 Å². The van der Waals surface area contributed by atoms with Gasteiger partial charge in [-0.3, -0.25) is 0 Å². The summed E-state index contributed by atoms with van der Waals surface area (Å²) in [5, 5.41) is 12.7. The van der Waals surface area contributed by atoms with Crippen LogP contribution in [0.1, 0.15) is 5.89 Å². The Morgan fingerprint density at radius 3 is 2.61 bits per heavy atom. The summed E-state index contributed by atoms with van der Waals surface area (Å²) in [6.45, 7) is 4.02. The number of methoxy groups -OCH3 is 1. The van der Waals surface area contributed by atoms with Crippen molar-refractivity contribution in [3.05, 3.63) is 54.7 Å². The lowest BCUT2D eigenvalue weighted by molar-refractivity contribution is 0.360. The molecule has 1 aliphatic carbocycles. The van der Waals surface area contributed by atoms with E-state index in [0.717, 1.165) is 35.2 Å². The molecule has 4 heterocycles. The molecule has 5 aromatic rings. The van der Waals surface area contributed by atoms with E-state index in [2.05, 4.69) is 67.3 Å². The van der Waals surface area contributed by atoms with Crippen LogP contribution in [0.25, 0.3) is 33.6 Å². The molecule has 2 unspecified atom stereocenters. The SMILES string of the molecule is COc1cc(N(C)C2C3CN(C)C[C@@H]32)c(N)cc1Nc1ncc(-c2nnc(C)o2)c(-c2cn(C)c3ccccc23)n1. The molecule has 2 fully saturated rings. The average molecular weight is 552 g/mol. The van der Waals surface area contributed by atoms with Gasteiger partial charge in [0.05, 0.1) is 35.4 Å². The van der Waals surface area contributed by atoms with Crippen LogP contribution in [-0.4, -0.2) is 70.0 Å². The van der Waals surface area contributed by atoms with E-state index in [1.54, 1.807) is 20.2 Å². The molecule has 2 aliphatic rings. The van der Waals surface area contributed by atoms with Gasteiger partial charge in [-0.1, -0.05) is 18.2 Å². The summed E-state index contributed by atoms with van der Waals surface area (Å²) in [6.07, 6.45) is 3.76. The molecule has 3 N–H and O–H groups in total. The van der Waals surface area contributed by atoms with Crippen LogP contribution in [0.5, 0.6) is 5.75 Å². The van der Waals surface area contributed by atoms with Crippen LogP contribution in [0, 0.1) is 18.8 Å². The molecule has 210 valence electrons. The summed E-state index contributed by atoms with van der Waals surface area (Å²) in [5.41, 5.74) is 12.3. The molecule has 1 saturated carbocycles. The first-order valence-electron chi connectivity index (χ1n) is 13.7. The lowest BCUT2D eigenvalue weighted by Crippen LogP contribution is -2.31. The van der Waals surface area contributed by atoms with Gasteiger partial charge >= 0.3 is 0 Å². The van der Waals surface area contributed by atoms with Gasteiger partial charge in [-0.25, -0.2) is 9.97 Å². The smallest absolute Gasteiger partial charge is 0.251 e. The summed E-state index contributed by atoms with van der Waals surface area (Å²) < 4.78 is 13.7. The van der Waals surface area contributed by atoms with Gasteiger partial charge in [-0.05, 0) is 31.0 Å². The van der Waals surface area contributed by atoms with Crippen LogP contribution in [0.2, 0.25) is 0 Å². The Bertz CT molecular complexity index is 1770. The fourth-order valence-corrected chi connectivity index (χ4v) is 6.46. The van der Waals surface area contributed by atoms with Crippen LogP contribution in [0.3, 0.4) is 0 Å². The Morgan fingerprint density at radius 2 is 1.88 bits per heavy atom. The van der Waals surface area contributed by atoms with Crippen molar-refractivity contribution >= 4 is 33.9 Å². The molecule has 1 saturated heterocycles. The summed E-state index contributed by atoms with van der Waals surface area (Å²) >= 11 is 0. The summed E-state index contributed by atoms with van der Waals surface area (Å²) in [6, 6.07) is 12.6. The monoisotopic (exact) mass is 551 g/mol. The highest BCUT2D eigenvalue weighted by molar-refractivity contribution is 5.98. The predicted octanol–water partition coefficient (Wildman–Crippen LogP) is 4.32. The van der Waals surface area contributed by atoms with Gasteiger partial charge in [0.25, 0.3) is 5.89 Å². The van der Waals surface area contributed by atoms with Crippen LogP contribution >= 0.6 is 0 Å². The molecule has 11 heteroatoms. The quantitative estimate of drug-likeness (QED) is 0.283. The number of rotatable bonds is 7. The Labute approximate surface area is 238 Å². The largest absolute Gasteiger partial charge is 0.494 e. The van der Waals surface area contributed by atoms with Gasteiger partial charge in [-0.2, -0.15) is 0 Å². The first kappa shape index (κ1) is 25.3. The number of ether oxygens (including phenoxy) is 1. The van der Waals surface area contributed by atoms with E-state index < -0.39 is 0 Å². The number of fused-ring (bicyclic) bond motifs is 2. The van der Waals surface area contributed by atoms with Gasteiger partial charge in [0.1, 0.15) is 5.75 Å². The molecular weight excluding hydrogens is 518 g/mol. The van der Waals surface area contributed by atoms with Crippen molar-refractivity contribution in [2.24, 2.45) is 18.9 Å². The highest BCUT2D eigenvalue weighted by Crippen LogP contribution is 2.50. The van der Waals surface area contributed by atoms with Crippen LogP contribution in [0.15, 0.2) is 53.2 Å². The number of nitrogens with zero attached hydrogens (tertiary/aromatic N) is 7. The lowest BCUT2D eigenvalue weighted by atomic mass is 10.1. The minimum Gasteiger partial charge on any atom is -0.494 e. The lowest BCUT2D eigenvalue weighted by Gasteiger charge is -2.26. The number of likely N-dealkylation sites (tertiary alicyclic amines) is 1. The number of aryl methyl sites for hydroxylation is 2. The minimum atomic E-state index is 0.363.